The first kappa shape index (κ1) is 17.2. The van der Waals surface area contributed by atoms with Gasteiger partial charge in [0.1, 0.15) is 0 Å². The predicted molar refractivity (Wildman–Crippen MR) is 93.1 cm³/mol. The molecule has 5 heteroatoms. The van der Waals surface area contributed by atoms with Crippen LogP contribution in [0.1, 0.15) is 57.8 Å². The van der Waals surface area contributed by atoms with Gasteiger partial charge in [0.05, 0.1) is 26.4 Å². The Morgan fingerprint density at radius 3 is 2.17 bits per heavy atom. The van der Waals surface area contributed by atoms with Crippen LogP contribution in [0, 0.1) is 0 Å². The minimum absolute atomic E-state index is 0.231. The van der Waals surface area contributed by atoms with Crippen LogP contribution < -0.4 is 5.32 Å². The summed E-state index contributed by atoms with van der Waals surface area (Å²) >= 11 is 0. The van der Waals surface area contributed by atoms with Gasteiger partial charge in [0, 0.05) is 44.1 Å². The van der Waals surface area contributed by atoms with Gasteiger partial charge in [-0.3, -0.25) is 4.90 Å². The number of morpholine rings is 1. The maximum atomic E-state index is 5.87. The van der Waals surface area contributed by atoms with E-state index in [-0.39, 0.29) is 5.79 Å². The van der Waals surface area contributed by atoms with Crippen LogP contribution in [0.15, 0.2) is 0 Å². The molecule has 4 rings (SSSR count). The maximum absolute atomic E-state index is 5.87. The number of ether oxygens (including phenoxy) is 3. The van der Waals surface area contributed by atoms with Crippen LogP contribution in [0.4, 0.5) is 0 Å². The van der Waals surface area contributed by atoms with Crippen LogP contribution in [0.2, 0.25) is 0 Å². The Balaban J connectivity index is 1.32. The lowest BCUT2D eigenvalue weighted by molar-refractivity contribution is -0.179. The van der Waals surface area contributed by atoms with Crippen molar-refractivity contribution in [2.75, 3.05) is 46.1 Å². The first-order valence-electron chi connectivity index (χ1n) is 10.1. The summed E-state index contributed by atoms with van der Waals surface area (Å²) in [5.41, 5.74) is 0.373. The first-order chi connectivity index (χ1) is 11.8. The average molecular weight is 338 g/mol. The largest absolute Gasteiger partial charge is 0.379 e. The third-order valence-electron chi connectivity index (χ3n) is 6.75. The normalized spacial score (nSPS) is 31.5. The SMILES string of the molecule is C1CCC(CNC2CCC3(CC2)OCCO3)(N2CCOCC2)CC1. The molecule has 0 aromatic carbocycles. The second-order valence-corrected chi connectivity index (χ2v) is 8.15. The Bertz CT molecular complexity index is 389. The van der Waals surface area contributed by atoms with Gasteiger partial charge in [-0.25, -0.2) is 0 Å². The van der Waals surface area contributed by atoms with Crippen molar-refractivity contribution in [3.05, 3.63) is 0 Å². The zero-order valence-corrected chi connectivity index (χ0v) is 15.1. The summed E-state index contributed by atoms with van der Waals surface area (Å²) in [6.07, 6.45) is 11.3. The lowest BCUT2D eigenvalue weighted by Gasteiger charge is -2.49. The molecule has 0 unspecified atom stereocenters. The molecular weight excluding hydrogens is 304 g/mol. The molecule has 2 aliphatic heterocycles. The van der Waals surface area contributed by atoms with Gasteiger partial charge in [0.2, 0.25) is 0 Å². The van der Waals surface area contributed by atoms with Gasteiger partial charge in [-0.05, 0) is 25.7 Å². The number of hydrogen-bond acceptors (Lipinski definition) is 5. The van der Waals surface area contributed by atoms with E-state index in [4.69, 9.17) is 14.2 Å². The van der Waals surface area contributed by atoms with Crippen LogP contribution in [0.3, 0.4) is 0 Å². The molecule has 2 heterocycles. The Labute approximate surface area is 146 Å². The van der Waals surface area contributed by atoms with Crippen molar-refractivity contribution in [3.8, 4) is 0 Å². The van der Waals surface area contributed by atoms with E-state index >= 15 is 0 Å². The van der Waals surface area contributed by atoms with Gasteiger partial charge in [0.25, 0.3) is 0 Å². The highest BCUT2D eigenvalue weighted by Crippen LogP contribution is 2.37. The van der Waals surface area contributed by atoms with Crippen LogP contribution in [-0.4, -0.2) is 68.3 Å². The zero-order valence-electron chi connectivity index (χ0n) is 15.1. The fraction of sp³-hybridized carbons (Fsp3) is 1.00. The number of rotatable bonds is 4. The Kier molecular flexibility index (Phi) is 5.44. The molecule has 4 aliphatic rings. The van der Waals surface area contributed by atoms with Crippen molar-refractivity contribution in [3.63, 3.8) is 0 Å². The molecule has 5 nitrogen and oxygen atoms in total. The van der Waals surface area contributed by atoms with Gasteiger partial charge in [-0.15, -0.1) is 0 Å². The second-order valence-electron chi connectivity index (χ2n) is 8.15. The maximum Gasteiger partial charge on any atom is 0.168 e. The minimum atomic E-state index is -0.231. The average Bonchev–Trinajstić information content (AvgIpc) is 3.11. The van der Waals surface area contributed by atoms with Gasteiger partial charge in [-0.1, -0.05) is 19.3 Å². The summed E-state index contributed by atoms with van der Waals surface area (Å²) in [6.45, 7) is 6.72. The van der Waals surface area contributed by atoms with E-state index in [0.29, 0.717) is 11.6 Å². The van der Waals surface area contributed by atoms with Crippen molar-refractivity contribution in [1.82, 2.24) is 10.2 Å². The molecule has 0 aromatic rings. The van der Waals surface area contributed by atoms with Gasteiger partial charge < -0.3 is 19.5 Å². The van der Waals surface area contributed by atoms with E-state index in [2.05, 4.69) is 10.2 Å². The quantitative estimate of drug-likeness (QED) is 0.852. The summed E-state index contributed by atoms with van der Waals surface area (Å²) in [4.78, 5) is 2.73. The van der Waals surface area contributed by atoms with E-state index in [9.17, 15) is 0 Å². The highest BCUT2D eigenvalue weighted by molar-refractivity contribution is 4.97. The van der Waals surface area contributed by atoms with Crippen LogP contribution >= 0.6 is 0 Å². The lowest BCUT2D eigenvalue weighted by Crippen LogP contribution is -2.60. The molecule has 0 aromatic heterocycles. The van der Waals surface area contributed by atoms with E-state index in [1.54, 1.807) is 0 Å². The fourth-order valence-corrected chi connectivity index (χ4v) is 5.23. The Morgan fingerprint density at radius 2 is 1.50 bits per heavy atom. The number of nitrogens with one attached hydrogen (secondary N) is 1. The molecule has 2 saturated heterocycles. The van der Waals surface area contributed by atoms with E-state index in [0.717, 1.165) is 58.9 Å². The molecule has 0 radical (unpaired) electrons. The van der Waals surface area contributed by atoms with Gasteiger partial charge >= 0.3 is 0 Å². The van der Waals surface area contributed by atoms with Crippen molar-refractivity contribution in [1.29, 1.82) is 0 Å². The third kappa shape index (κ3) is 3.65. The number of nitrogens with zero attached hydrogens (tertiary/aromatic N) is 1. The van der Waals surface area contributed by atoms with E-state index in [1.165, 1.54) is 44.9 Å². The highest BCUT2D eigenvalue weighted by Gasteiger charge is 2.42. The molecular formula is C19H34N2O3. The smallest absolute Gasteiger partial charge is 0.168 e. The van der Waals surface area contributed by atoms with Crippen molar-refractivity contribution in [2.45, 2.75) is 75.2 Å². The molecule has 138 valence electrons. The van der Waals surface area contributed by atoms with E-state index in [1.807, 2.05) is 0 Å². The molecule has 0 atom stereocenters. The van der Waals surface area contributed by atoms with Crippen LogP contribution in [-0.2, 0) is 14.2 Å². The zero-order chi connectivity index (χ0) is 16.3. The standard InChI is InChI=1S/C19H34N2O3/c1-2-6-18(7-3-1,21-10-12-22-13-11-21)16-20-17-4-8-19(9-5-17)23-14-15-24-19/h17,20H,1-16H2. The first-order valence-corrected chi connectivity index (χ1v) is 10.1. The lowest BCUT2D eigenvalue weighted by atomic mass is 9.79. The molecule has 4 fully saturated rings. The van der Waals surface area contributed by atoms with Crippen molar-refractivity contribution < 1.29 is 14.2 Å². The Morgan fingerprint density at radius 1 is 0.833 bits per heavy atom. The second kappa shape index (κ2) is 7.58. The molecule has 0 bridgehead atoms. The topological polar surface area (TPSA) is 43.0 Å². The summed E-state index contributed by atoms with van der Waals surface area (Å²) in [5.74, 6) is -0.231. The molecule has 1 spiro atoms. The molecule has 1 N–H and O–H groups in total. The summed E-state index contributed by atoms with van der Waals surface area (Å²) in [6, 6.07) is 0.628. The highest BCUT2D eigenvalue weighted by atomic mass is 16.7. The van der Waals surface area contributed by atoms with Gasteiger partial charge in [-0.2, -0.15) is 0 Å². The Hall–Kier alpha value is -0.200. The summed E-state index contributed by atoms with van der Waals surface area (Å²) < 4.78 is 17.3. The fourth-order valence-electron chi connectivity index (χ4n) is 5.23. The van der Waals surface area contributed by atoms with E-state index < -0.39 is 0 Å². The van der Waals surface area contributed by atoms with Crippen molar-refractivity contribution >= 4 is 0 Å². The molecule has 0 amide bonds. The van der Waals surface area contributed by atoms with Crippen LogP contribution in [0.5, 0.6) is 0 Å². The summed E-state index contributed by atoms with van der Waals surface area (Å²) in [5, 5.41) is 3.94. The minimum Gasteiger partial charge on any atom is -0.379 e. The third-order valence-corrected chi connectivity index (χ3v) is 6.75. The monoisotopic (exact) mass is 338 g/mol. The predicted octanol–water partition coefficient (Wildman–Crippen LogP) is 2.30. The molecule has 2 aliphatic carbocycles. The summed E-state index contributed by atoms with van der Waals surface area (Å²) in [7, 11) is 0. The van der Waals surface area contributed by atoms with Crippen LogP contribution in [0.25, 0.3) is 0 Å². The number of hydrogen-bond donors (Lipinski definition) is 1. The van der Waals surface area contributed by atoms with Crippen molar-refractivity contribution in [2.24, 2.45) is 0 Å². The molecule has 2 saturated carbocycles. The molecule has 24 heavy (non-hydrogen) atoms. The van der Waals surface area contributed by atoms with Gasteiger partial charge in [0.15, 0.2) is 5.79 Å².